The zero-order valence-corrected chi connectivity index (χ0v) is 16.8. The van der Waals surface area contributed by atoms with Gasteiger partial charge in [0.1, 0.15) is 9.71 Å². The fourth-order valence-electron chi connectivity index (χ4n) is 2.90. The third-order valence-electron chi connectivity index (χ3n) is 4.39. The highest BCUT2D eigenvalue weighted by Crippen LogP contribution is 2.30. The van der Waals surface area contributed by atoms with Crippen LogP contribution in [0.1, 0.15) is 15.4 Å². The number of halogens is 3. The minimum atomic E-state index is -1.71. The van der Waals surface area contributed by atoms with Crippen LogP contribution in [0, 0.1) is 24.4 Å². The molecule has 2 heterocycles. The number of rotatable bonds is 5. The quantitative estimate of drug-likeness (QED) is 0.360. The van der Waals surface area contributed by atoms with Gasteiger partial charge >= 0.3 is 5.97 Å². The molecule has 6 nitrogen and oxygen atoms in total. The van der Waals surface area contributed by atoms with Crippen molar-refractivity contribution >= 4 is 39.1 Å². The Bertz CT molecular complexity index is 1300. The van der Waals surface area contributed by atoms with Gasteiger partial charge in [-0.05, 0) is 37.3 Å². The van der Waals surface area contributed by atoms with Crippen molar-refractivity contribution in [3.63, 3.8) is 0 Å². The van der Waals surface area contributed by atoms with E-state index < -0.39 is 41.6 Å². The molecule has 2 aromatic carbocycles. The first-order chi connectivity index (χ1) is 14.8. The lowest BCUT2D eigenvalue weighted by Gasteiger charge is -2.07. The summed E-state index contributed by atoms with van der Waals surface area (Å²) in [5, 5.41) is 7.29. The predicted octanol–water partition coefficient (Wildman–Crippen LogP) is 4.61. The van der Waals surface area contributed by atoms with E-state index >= 15 is 0 Å². The molecule has 4 rings (SSSR count). The second-order valence-corrected chi connectivity index (χ2v) is 7.54. The Morgan fingerprint density at radius 2 is 1.84 bits per heavy atom. The highest BCUT2D eigenvalue weighted by molar-refractivity contribution is 7.20. The summed E-state index contributed by atoms with van der Waals surface area (Å²) in [6.07, 6.45) is 0. The lowest BCUT2D eigenvalue weighted by atomic mass is 10.3. The molecule has 0 aliphatic carbocycles. The van der Waals surface area contributed by atoms with Crippen LogP contribution in [0.2, 0.25) is 0 Å². The van der Waals surface area contributed by atoms with Crippen LogP contribution in [0.15, 0.2) is 48.5 Å². The van der Waals surface area contributed by atoms with E-state index in [1.54, 1.807) is 10.7 Å². The Kier molecular flexibility index (Phi) is 5.47. The van der Waals surface area contributed by atoms with E-state index in [0.717, 1.165) is 39.0 Å². The maximum atomic E-state index is 13.6. The van der Waals surface area contributed by atoms with Crippen molar-refractivity contribution in [2.75, 3.05) is 11.9 Å². The largest absolute Gasteiger partial charge is 0.451 e. The number of carbonyl (C=O) groups excluding carboxylic acids is 2. The summed E-state index contributed by atoms with van der Waals surface area (Å²) in [5.41, 5.74) is 0.997. The van der Waals surface area contributed by atoms with Crippen LogP contribution < -0.4 is 5.32 Å². The Morgan fingerprint density at radius 3 is 2.58 bits per heavy atom. The molecule has 0 fully saturated rings. The van der Waals surface area contributed by atoms with E-state index in [1.807, 2.05) is 42.6 Å². The summed E-state index contributed by atoms with van der Waals surface area (Å²) in [6.45, 7) is 1.09. The van der Waals surface area contributed by atoms with Crippen LogP contribution in [-0.4, -0.2) is 28.3 Å². The summed E-state index contributed by atoms with van der Waals surface area (Å²) >= 11 is 1.15. The van der Waals surface area contributed by atoms with Crippen molar-refractivity contribution in [2.24, 2.45) is 0 Å². The zero-order chi connectivity index (χ0) is 22.1. The van der Waals surface area contributed by atoms with E-state index in [9.17, 15) is 22.8 Å². The van der Waals surface area contributed by atoms with Gasteiger partial charge in [-0.3, -0.25) is 4.79 Å². The van der Waals surface area contributed by atoms with Gasteiger partial charge in [0, 0.05) is 5.39 Å². The van der Waals surface area contributed by atoms with Crippen molar-refractivity contribution in [1.29, 1.82) is 0 Å². The topological polar surface area (TPSA) is 73.2 Å². The number of anilines is 1. The summed E-state index contributed by atoms with van der Waals surface area (Å²) in [6, 6.07) is 12.6. The summed E-state index contributed by atoms with van der Waals surface area (Å²) in [4.78, 5) is 25.3. The van der Waals surface area contributed by atoms with Crippen molar-refractivity contribution in [1.82, 2.24) is 9.78 Å². The number of hydrogen-bond acceptors (Lipinski definition) is 5. The number of aromatic nitrogens is 2. The van der Waals surface area contributed by atoms with Crippen LogP contribution in [-0.2, 0) is 9.53 Å². The molecule has 0 aliphatic rings. The molecule has 0 unspecified atom stereocenters. The maximum Gasteiger partial charge on any atom is 0.348 e. The van der Waals surface area contributed by atoms with Gasteiger partial charge < -0.3 is 10.1 Å². The summed E-state index contributed by atoms with van der Waals surface area (Å²) < 4.78 is 46.5. The van der Waals surface area contributed by atoms with Crippen molar-refractivity contribution in [2.45, 2.75) is 6.92 Å². The molecule has 31 heavy (non-hydrogen) atoms. The van der Waals surface area contributed by atoms with E-state index in [2.05, 4.69) is 5.10 Å². The smallest absolute Gasteiger partial charge is 0.348 e. The lowest BCUT2D eigenvalue weighted by Crippen LogP contribution is -2.21. The average Bonchev–Trinajstić information content (AvgIpc) is 3.34. The normalized spacial score (nSPS) is 11.0. The summed E-state index contributed by atoms with van der Waals surface area (Å²) in [5.74, 6) is -6.27. The molecular formula is C21H14F3N3O3S. The zero-order valence-electron chi connectivity index (χ0n) is 16.0. The molecule has 158 valence electrons. The fraction of sp³-hybridized carbons (Fsp3) is 0.0952. The minimum absolute atomic E-state index is 0.256. The molecule has 0 aliphatic heterocycles. The molecule has 1 N–H and O–H groups in total. The average molecular weight is 445 g/mol. The molecule has 2 aromatic heterocycles. The fourth-order valence-corrected chi connectivity index (χ4v) is 3.98. The Labute approximate surface area is 177 Å². The van der Waals surface area contributed by atoms with Crippen LogP contribution in [0.3, 0.4) is 0 Å². The third kappa shape index (κ3) is 4.02. The van der Waals surface area contributed by atoms with Crippen LogP contribution >= 0.6 is 11.3 Å². The van der Waals surface area contributed by atoms with Gasteiger partial charge in [-0.15, -0.1) is 11.3 Å². The number of amides is 1. The number of para-hydroxylation sites is 1. The number of benzene rings is 2. The van der Waals surface area contributed by atoms with Crippen LogP contribution in [0.5, 0.6) is 0 Å². The number of nitrogens with one attached hydrogen (secondary N) is 1. The lowest BCUT2D eigenvalue weighted by molar-refractivity contribution is -0.119. The number of carbonyl (C=O) groups is 2. The molecule has 10 heteroatoms. The van der Waals surface area contributed by atoms with Crippen molar-refractivity contribution < 1.29 is 27.5 Å². The number of ether oxygens (including phenoxy) is 1. The number of esters is 1. The SMILES string of the molecule is Cc1nn(-c2ccccc2)c2sc(C(=O)OCC(=O)Nc3ccc(F)c(F)c3F)cc12. The first kappa shape index (κ1) is 20.6. The van der Waals surface area contributed by atoms with Crippen LogP contribution in [0.25, 0.3) is 15.9 Å². The highest BCUT2D eigenvalue weighted by Gasteiger charge is 2.20. The highest BCUT2D eigenvalue weighted by atomic mass is 32.1. The number of aryl methyl sites for hydroxylation is 1. The number of nitrogens with zero attached hydrogens (tertiary/aromatic N) is 2. The monoisotopic (exact) mass is 445 g/mol. The van der Waals surface area contributed by atoms with E-state index in [1.165, 1.54) is 0 Å². The number of fused-ring (bicyclic) bond motifs is 1. The first-order valence-electron chi connectivity index (χ1n) is 9.00. The molecule has 0 saturated heterocycles. The molecular weight excluding hydrogens is 431 g/mol. The second kappa shape index (κ2) is 8.23. The van der Waals surface area contributed by atoms with Gasteiger partial charge in [0.25, 0.3) is 5.91 Å². The molecule has 0 radical (unpaired) electrons. The number of thiophene rings is 1. The van der Waals surface area contributed by atoms with E-state index in [-0.39, 0.29) is 4.88 Å². The van der Waals surface area contributed by atoms with Gasteiger partial charge in [0.2, 0.25) is 0 Å². The number of hydrogen-bond donors (Lipinski definition) is 1. The van der Waals surface area contributed by atoms with Gasteiger partial charge in [-0.25, -0.2) is 22.6 Å². The Hall–Kier alpha value is -3.66. The Balaban J connectivity index is 1.47. The van der Waals surface area contributed by atoms with E-state index in [0.29, 0.717) is 6.07 Å². The van der Waals surface area contributed by atoms with Gasteiger partial charge in [0.15, 0.2) is 24.1 Å². The van der Waals surface area contributed by atoms with Crippen molar-refractivity contribution in [3.8, 4) is 5.69 Å². The van der Waals surface area contributed by atoms with Crippen molar-refractivity contribution in [3.05, 3.63) is 76.6 Å². The van der Waals surface area contributed by atoms with Gasteiger partial charge in [-0.2, -0.15) is 5.10 Å². The Morgan fingerprint density at radius 1 is 1.10 bits per heavy atom. The molecule has 0 spiro atoms. The van der Waals surface area contributed by atoms with Gasteiger partial charge in [0.05, 0.1) is 17.1 Å². The molecule has 0 saturated carbocycles. The third-order valence-corrected chi connectivity index (χ3v) is 5.48. The molecule has 4 aromatic rings. The molecule has 0 atom stereocenters. The van der Waals surface area contributed by atoms with Crippen LogP contribution in [0.4, 0.5) is 18.9 Å². The predicted molar refractivity (Wildman–Crippen MR) is 109 cm³/mol. The standard InChI is InChI=1S/C21H14F3N3O3S/c1-11-13-9-16(31-20(13)27(26-11)12-5-3-2-4-6-12)21(29)30-10-17(28)25-15-8-7-14(22)18(23)19(15)24/h2-9H,10H2,1H3,(H,25,28). The van der Waals surface area contributed by atoms with E-state index in [4.69, 9.17) is 4.74 Å². The summed E-state index contributed by atoms with van der Waals surface area (Å²) in [7, 11) is 0. The molecule has 0 bridgehead atoms. The first-order valence-corrected chi connectivity index (χ1v) is 9.82. The van der Waals surface area contributed by atoms with Gasteiger partial charge in [-0.1, -0.05) is 18.2 Å². The second-order valence-electron chi connectivity index (χ2n) is 6.51. The molecule has 1 amide bonds. The maximum absolute atomic E-state index is 13.6. The minimum Gasteiger partial charge on any atom is -0.451 e.